The van der Waals surface area contributed by atoms with Crippen LogP contribution < -0.4 is 20.7 Å². The highest BCUT2D eigenvalue weighted by molar-refractivity contribution is 5.99. The van der Waals surface area contributed by atoms with E-state index in [1.54, 1.807) is 30.3 Å². The number of anilines is 3. The summed E-state index contributed by atoms with van der Waals surface area (Å²) in [6.07, 6.45) is 0.0801. The van der Waals surface area contributed by atoms with Gasteiger partial charge >= 0.3 is 5.97 Å². The number of ether oxygens (including phenoxy) is 1. The molecular formula is C33H31N3O5. The lowest BCUT2D eigenvalue weighted by Crippen LogP contribution is -2.23. The number of amides is 2. The Hall–Kier alpha value is -5.11. The minimum Gasteiger partial charge on any atom is -0.495 e. The summed E-state index contributed by atoms with van der Waals surface area (Å²) < 4.78 is 5.51. The summed E-state index contributed by atoms with van der Waals surface area (Å²) in [7, 11) is 1.52. The van der Waals surface area contributed by atoms with E-state index in [4.69, 9.17) is 4.74 Å². The lowest BCUT2D eigenvalue weighted by molar-refractivity contribution is -0.137. The van der Waals surface area contributed by atoms with Gasteiger partial charge in [0.25, 0.3) is 0 Å². The molecule has 1 aliphatic heterocycles. The summed E-state index contributed by atoms with van der Waals surface area (Å²) in [5.74, 6) is -1.34. The average molecular weight is 550 g/mol. The number of carboxylic acids is 1. The molecule has 208 valence electrons. The fourth-order valence-electron chi connectivity index (χ4n) is 5.16. The first-order valence-corrected chi connectivity index (χ1v) is 13.4. The van der Waals surface area contributed by atoms with E-state index in [-0.39, 0.29) is 36.5 Å². The number of para-hydroxylation sites is 1. The van der Waals surface area contributed by atoms with E-state index < -0.39 is 5.97 Å². The van der Waals surface area contributed by atoms with Gasteiger partial charge in [-0.2, -0.15) is 0 Å². The Labute approximate surface area is 238 Å². The van der Waals surface area contributed by atoms with E-state index in [1.807, 2.05) is 66.7 Å². The Balaban J connectivity index is 1.22. The zero-order valence-corrected chi connectivity index (χ0v) is 22.6. The second kappa shape index (κ2) is 12.4. The summed E-state index contributed by atoms with van der Waals surface area (Å²) in [6.45, 7) is 0.527. The molecule has 1 heterocycles. The van der Waals surface area contributed by atoms with Gasteiger partial charge < -0.3 is 25.8 Å². The highest BCUT2D eigenvalue weighted by Gasteiger charge is 2.28. The second-order valence-electron chi connectivity index (χ2n) is 9.95. The minimum absolute atomic E-state index is 0.0289. The summed E-state index contributed by atoms with van der Waals surface area (Å²) in [4.78, 5) is 37.3. The molecule has 5 rings (SSSR count). The number of carbonyl (C=O) groups is 3. The Morgan fingerprint density at radius 1 is 0.902 bits per heavy atom. The van der Waals surface area contributed by atoms with Gasteiger partial charge in [0.15, 0.2) is 0 Å². The molecule has 0 saturated carbocycles. The van der Waals surface area contributed by atoms with Crippen LogP contribution in [0.4, 0.5) is 17.1 Å². The molecule has 4 N–H and O–H groups in total. The van der Waals surface area contributed by atoms with Crippen molar-refractivity contribution in [2.24, 2.45) is 0 Å². The Morgan fingerprint density at radius 2 is 1.61 bits per heavy atom. The molecule has 8 heteroatoms. The van der Waals surface area contributed by atoms with E-state index in [1.165, 1.54) is 7.11 Å². The largest absolute Gasteiger partial charge is 0.495 e. The van der Waals surface area contributed by atoms with E-state index in [2.05, 4.69) is 16.0 Å². The number of aliphatic carboxylic acids is 1. The maximum absolute atomic E-state index is 13.0. The zero-order valence-electron chi connectivity index (χ0n) is 22.6. The molecule has 4 aromatic carbocycles. The lowest BCUT2D eigenvalue weighted by Gasteiger charge is -2.17. The third-order valence-electron chi connectivity index (χ3n) is 7.22. The van der Waals surface area contributed by atoms with Crippen LogP contribution in [-0.2, 0) is 20.8 Å². The van der Waals surface area contributed by atoms with Crippen LogP contribution >= 0.6 is 0 Å². The van der Waals surface area contributed by atoms with Gasteiger partial charge in [0, 0.05) is 23.8 Å². The zero-order chi connectivity index (χ0) is 28.8. The molecule has 0 saturated heterocycles. The highest BCUT2D eigenvalue weighted by Crippen LogP contribution is 2.34. The number of methoxy groups -OCH3 is 1. The summed E-state index contributed by atoms with van der Waals surface area (Å²) in [6, 6.07) is 29.8. The third-order valence-corrected chi connectivity index (χ3v) is 7.22. The molecular weight excluding hydrogens is 518 g/mol. The molecule has 2 unspecified atom stereocenters. The normalized spacial score (nSPS) is 14.3. The molecule has 8 nitrogen and oxygen atoms in total. The standard InChI is InChI=1S/C33H31N3O5/c1-41-30-17-21(11-16-29(30)36-33(40)27-20-34-28-10-6-5-9-25(27)28)18-31(37)35-24-14-12-23(13-15-24)26(19-32(38)39)22-7-3-2-4-8-22/h2-17,26-27,34H,18-20H2,1H3,(H,35,37)(H,36,40)(H,38,39). The summed E-state index contributed by atoms with van der Waals surface area (Å²) in [5.41, 5.74) is 5.58. The number of carbonyl (C=O) groups excluding carboxylic acids is 2. The topological polar surface area (TPSA) is 117 Å². The van der Waals surface area contributed by atoms with Crippen molar-refractivity contribution in [1.29, 1.82) is 0 Å². The third kappa shape index (κ3) is 6.55. The van der Waals surface area contributed by atoms with Crippen molar-refractivity contribution < 1.29 is 24.2 Å². The number of rotatable bonds is 10. The van der Waals surface area contributed by atoms with Gasteiger partial charge in [-0.3, -0.25) is 14.4 Å². The Morgan fingerprint density at radius 3 is 2.34 bits per heavy atom. The number of nitrogens with one attached hydrogen (secondary N) is 3. The lowest BCUT2D eigenvalue weighted by atomic mass is 9.88. The molecule has 0 aliphatic carbocycles. The van der Waals surface area contributed by atoms with E-state index in [0.717, 1.165) is 27.9 Å². The maximum Gasteiger partial charge on any atom is 0.304 e. The second-order valence-corrected chi connectivity index (χ2v) is 9.95. The fourth-order valence-corrected chi connectivity index (χ4v) is 5.16. The van der Waals surface area contributed by atoms with Crippen molar-refractivity contribution in [1.82, 2.24) is 0 Å². The van der Waals surface area contributed by atoms with E-state index >= 15 is 0 Å². The average Bonchev–Trinajstić information content (AvgIpc) is 3.42. The van der Waals surface area contributed by atoms with Gasteiger partial charge in [0.1, 0.15) is 5.75 Å². The van der Waals surface area contributed by atoms with Gasteiger partial charge in [-0.15, -0.1) is 0 Å². The van der Waals surface area contributed by atoms with Crippen LogP contribution in [0.2, 0.25) is 0 Å². The monoisotopic (exact) mass is 549 g/mol. The number of carboxylic acid groups (broad SMARTS) is 1. The Bertz CT molecular complexity index is 1550. The van der Waals surface area contributed by atoms with Gasteiger partial charge in [-0.25, -0.2) is 0 Å². The van der Waals surface area contributed by atoms with Gasteiger partial charge in [0.2, 0.25) is 11.8 Å². The number of benzene rings is 4. The molecule has 0 radical (unpaired) electrons. The van der Waals surface area contributed by atoms with Crippen LogP contribution in [0, 0.1) is 0 Å². The fraction of sp³-hybridized carbons (Fsp3) is 0.182. The van der Waals surface area contributed by atoms with Crippen molar-refractivity contribution in [2.45, 2.75) is 24.7 Å². The van der Waals surface area contributed by atoms with Crippen molar-refractivity contribution >= 4 is 34.8 Å². The van der Waals surface area contributed by atoms with E-state index in [0.29, 0.717) is 23.7 Å². The quantitative estimate of drug-likeness (QED) is 0.204. The summed E-state index contributed by atoms with van der Waals surface area (Å²) in [5, 5.41) is 18.5. The highest BCUT2D eigenvalue weighted by atomic mass is 16.5. The first kappa shape index (κ1) is 27.5. The molecule has 0 spiro atoms. The Kier molecular flexibility index (Phi) is 8.29. The smallest absolute Gasteiger partial charge is 0.304 e. The van der Waals surface area contributed by atoms with Crippen LogP contribution in [0.3, 0.4) is 0 Å². The van der Waals surface area contributed by atoms with Gasteiger partial charge in [-0.05, 0) is 52.6 Å². The number of hydrogen-bond acceptors (Lipinski definition) is 5. The first-order valence-electron chi connectivity index (χ1n) is 13.4. The maximum atomic E-state index is 13.0. The predicted molar refractivity (Wildman–Crippen MR) is 159 cm³/mol. The van der Waals surface area contributed by atoms with Crippen LogP contribution in [0.25, 0.3) is 0 Å². The molecule has 2 amide bonds. The SMILES string of the molecule is COc1cc(CC(=O)Nc2ccc(C(CC(=O)O)c3ccccc3)cc2)ccc1NC(=O)C1CNc2ccccc21. The van der Waals surface area contributed by atoms with Crippen molar-refractivity contribution in [3.8, 4) is 5.75 Å². The van der Waals surface area contributed by atoms with Crippen LogP contribution in [0.15, 0.2) is 97.1 Å². The molecule has 41 heavy (non-hydrogen) atoms. The molecule has 0 fully saturated rings. The summed E-state index contributed by atoms with van der Waals surface area (Å²) >= 11 is 0. The van der Waals surface area contributed by atoms with Crippen LogP contribution in [0.1, 0.15) is 40.5 Å². The van der Waals surface area contributed by atoms with Crippen LogP contribution in [-0.4, -0.2) is 36.5 Å². The number of hydrogen-bond donors (Lipinski definition) is 4. The molecule has 1 aliphatic rings. The van der Waals surface area contributed by atoms with Crippen molar-refractivity contribution in [3.05, 3.63) is 119 Å². The van der Waals surface area contributed by atoms with Crippen LogP contribution in [0.5, 0.6) is 5.75 Å². The van der Waals surface area contributed by atoms with Gasteiger partial charge in [0.05, 0.1) is 31.6 Å². The minimum atomic E-state index is -0.877. The van der Waals surface area contributed by atoms with Crippen molar-refractivity contribution in [2.75, 3.05) is 29.6 Å². The predicted octanol–water partition coefficient (Wildman–Crippen LogP) is 5.63. The molecule has 0 aromatic heterocycles. The van der Waals surface area contributed by atoms with Crippen molar-refractivity contribution in [3.63, 3.8) is 0 Å². The molecule has 4 aromatic rings. The number of fused-ring (bicyclic) bond motifs is 1. The van der Waals surface area contributed by atoms with Gasteiger partial charge in [-0.1, -0.05) is 66.7 Å². The molecule has 0 bridgehead atoms. The van der Waals surface area contributed by atoms with E-state index in [9.17, 15) is 19.5 Å². The molecule has 2 atom stereocenters. The first-order chi connectivity index (χ1) is 19.9.